The van der Waals surface area contributed by atoms with Crippen LogP contribution in [0, 0.1) is 0 Å². The first-order valence-electron chi connectivity index (χ1n) is 6.38. The minimum Gasteiger partial charge on any atom is -0.493 e. The quantitative estimate of drug-likeness (QED) is 0.839. The summed E-state index contributed by atoms with van der Waals surface area (Å²) in [6.45, 7) is 0. The van der Waals surface area contributed by atoms with Gasteiger partial charge in [0.05, 0.1) is 26.1 Å². The Morgan fingerprint density at radius 2 is 1.64 bits per heavy atom. The Morgan fingerprint density at radius 3 is 2.23 bits per heavy atom. The van der Waals surface area contributed by atoms with Crippen LogP contribution in [0.1, 0.15) is 0 Å². The van der Waals surface area contributed by atoms with Crippen LogP contribution in [0.25, 0.3) is 0 Å². The molecule has 0 saturated carbocycles. The number of anilines is 2. The highest BCUT2D eigenvalue weighted by Gasteiger charge is 2.15. The number of methoxy groups -OCH3 is 2. The molecule has 1 aromatic carbocycles. The fourth-order valence-electron chi connectivity index (χ4n) is 1.73. The molecule has 2 N–H and O–H groups in total. The van der Waals surface area contributed by atoms with Crippen molar-refractivity contribution in [2.45, 2.75) is 0 Å². The number of nitrogens with one attached hydrogen (secondary N) is 2. The first-order valence-corrected chi connectivity index (χ1v) is 6.38. The van der Waals surface area contributed by atoms with Gasteiger partial charge in [-0.15, -0.1) is 0 Å². The highest BCUT2D eigenvalue weighted by molar-refractivity contribution is 6.43. The molecule has 2 aromatic rings. The molecule has 0 bridgehead atoms. The predicted molar refractivity (Wildman–Crippen MR) is 81.0 cm³/mol. The molecule has 2 rings (SSSR count). The van der Waals surface area contributed by atoms with E-state index in [1.165, 1.54) is 20.4 Å². The Labute approximate surface area is 127 Å². The van der Waals surface area contributed by atoms with E-state index in [0.717, 1.165) is 0 Å². The monoisotopic (exact) mass is 301 g/mol. The highest BCUT2D eigenvalue weighted by atomic mass is 16.5. The van der Waals surface area contributed by atoms with Crippen molar-refractivity contribution in [1.29, 1.82) is 0 Å². The Kier molecular flexibility index (Phi) is 4.92. The molecule has 0 aliphatic rings. The van der Waals surface area contributed by atoms with E-state index in [-0.39, 0.29) is 0 Å². The van der Waals surface area contributed by atoms with Crippen LogP contribution in [0.3, 0.4) is 0 Å². The molecule has 2 amide bonds. The standard InChI is InChI=1S/C15H15N3O4/c1-21-12-6-5-10(8-13(12)22-2)17-14(19)15(20)18-11-4-3-7-16-9-11/h3-9H,1-2H3,(H,17,19)(H,18,20). The van der Waals surface area contributed by atoms with Crippen molar-refractivity contribution in [2.24, 2.45) is 0 Å². The third kappa shape index (κ3) is 3.72. The molecule has 7 nitrogen and oxygen atoms in total. The zero-order valence-electron chi connectivity index (χ0n) is 12.1. The normalized spacial score (nSPS) is 9.73. The summed E-state index contributed by atoms with van der Waals surface area (Å²) in [7, 11) is 3.00. The van der Waals surface area contributed by atoms with Crippen LogP contribution in [-0.4, -0.2) is 31.0 Å². The van der Waals surface area contributed by atoms with E-state index in [0.29, 0.717) is 22.9 Å². The fraction of sp³-hybridized carbons (Fsp3) is 0.133. The second-order valence-electron chi connectivity index (χ2n) is 4.22. The minimum absolute atomic E-state index is 0.420. The Balaban J connectivity index is 2.04. The SMILES string of the molecule is COc1ccc(NC(=O)C(=O)Nc2cccnc2)cc1OC. The molecule has 0 aliphatic carbocycles. The summed E-state index contributed by atoms with van der Waals surface area (Å²) in [4.78, 5) is 27.5. The van der Waals surface area contributed by atoms with Gasteiger partial charge in [-0.2, -0.15) is 0 Å². The van der Waals surface area contributed by atoms with Crippen molar-refractivity contribution in [3.8, 4) is 11.5 Å². The van der Waals surface area contributed by atoms with E-state index in [9.17, 15) is 9.59 Å². The van der Waals surface area contributed by atoms with Gasteiger partial charge in [-0.3, -0.25) is 14.6 Å². The number of pyridine rings is 1. The second kappa shape index (κ2) is 7.07. The summed E-state index contributed by atoms with van der Waals surface area (Å²) in [6, 6.07) is 8.09. The molecule has 0 radical (unpaired) electrons. The van der Waals surface area contributed by atoms with E-state index in [1.807, 2.05) is 0 Å². The molecule has 114 valence electrons. The van der Waals surface area contributed by atoms with Crippen LogP contribution >= 0.6 is 0 Å². The van der Waals surface area contributed by atoms with Gasteiger partial charge < -0.3 is 20.1 Å². The van der Waals surface area contributed by atoms with Crippen LogP contribution < -0.4 is 20.1 Å². The molecular weight excluding hydrogens is 286 g/mol. The summed E-state index contributed by atoms with van der Waals surface area (Å²) < 4.78 is 10.2. The molecule has 0 saturated heterocycles. The molecule has 1 heterocycles. The molecule has 0 fully saturated rings. The van der Waals surface area contributed by atoms with E-state index in [4.69, 9.17) is 9.47 Å². The smallest absolute Gasteiger partial charge is 0.314 e. The van der Waals surface area contributed by atoms with Crippen molar-refractivity contribution in [2.75, 3.05) is 24.9 Å². The lowest BCUT2D eigenvalue weighted by Gasteiger charge is -2.10. The number of ether oxygens (including phenoxy) is 2. The third-order valence-corrected chi connectivity index (χ3v) is 2.77. The summed E-state index contributed by atoms with van der Waals surface area (Å²) in [5, 5.41) is 4.92. The average Bonchev–Trinajstić information content (AvgIpc) is 2.55. The van der Waals surface area contributed by atoms with Crippen molar-refractivity contribution in [3.05, 3.63) is 42.7 Å². The first-order chi connectivity index (χ1) is 10.6. The van der Waals surface area contributed by atoms with Gasteiger partial charge in [-0.25, -0.2) is 0 Å². The van der Waals surface area contributed by atoms with Crippen molar-refractivity contribution >= 4 is 23.2 Å². The minimum atomic E-state index is -0.795. The van der Waals surface area contributed by atoms with Crippen LogP contribution in [0.2, 0.25) is 0 Å². The van der Waals surface area contributed by atoms with E-state index < -0.39 is 11.8 Å². The lowest BCUT2D eigenvalue weighted by atomic mass is 10.2. The number of hydrogen-bond acceptors (Lipinski definition) is 5. The van der Waals surface area contributed by atoms with E-state index in [2.05, 4.69) is 15.6 Å². The fourth-order valence-corrected chi connectivity index (χ4v) is 1.73. The second-order valence-corrected chi connectivity index (χ2v) is 4.22. The molecule has 0 spiro atoms. The summed E-state index contributed by atoms with van der Waals surface area (Å²) >= 11 is 0. The molecule has 0 aliphatic heterocycles. The maximum Gasteiger partial charge on any atom is 0.314 e. The number of carbonyl (C=O) groups is 2. The number of nitrogens with zero attached hydrogens (tertiary/aromatic N) is 1. The Hall–Kier alpha value is -3.09. The Bertz CT molecular complexity index is 674. The summed E-state index contributed by atoms with van der Waals surface area (Å²) in [5.41, 5.74) is 0.860. The zero-order chi connectivity index (χ0) is 15.9. The zero-order valence-corrected chi connectivity index (χ0v) is 12.1. The van der Waals surface area contributed by atoms with Gasteiger partial charge in [0.1, 0.15) is 0 Å². The van der Waals surface area contributed by atoms with Crippen molar-refractivity contribution in [1.82, 2.24) is 4.98 Å². The molecular formula is C15H15N3O4. The van der Waals surface area contributed by atoms with Gasteiger partial charge in [0.15, 0.2) is 11.5 Å². The van der Waals surface area contributed by atoms with E-state index in [1.54, 1.807) is 36.5 Å². The average molecular weight is 301 g/mol. The number of aromatic nitrogens is 1. The topological polar surface area (TPSA) is 89.5 Å². The molecule has 0 unspecified atom stereocenters. The van der Waals surface area contributed by atoms with Gasteiger partial charge in [0.2, 0.25) is 0 Å². The number of rotatable bonds is 4. The van der Waals surface area contributed by atoms with Crippen molar-refractivity contribution in [3.63, 3.8) is 0 Å². The Morgan fingerprint density at radius 1 is 0.955 bits per heavy atom. The molecule has 7 heteroatoms. The van der Waals surface area contributed by atoms with Gasteiger partial charge >= 0.3 is 11.8 Å². The molecule has 22 heavy (non-hydrogen) atoms. The number of benzene rings is 1. The summed E-state index contributed by atoms with van der Waals surface area (Å²) in [5.74, 6) is -0.605. The largest absolute Gasteiger partial charge is 0.493 e. The van der Waals surface area contributed by atoms with Gasteiger partial charge in [0.25, 0.3) is 0 Å². The van der Waals surface area contributed by atoms with E-state index >= 15 is 0 Å². The maximum atomic E-state index is 11.9. The van der Waals surface area contributed by atoms with Crippen LogP contribution in [0.5, 0.6) is 11.5 Å². The first kappa shape index (κ1) is 15.3. The van der Waals surface area contributed by atoms with Gasteiger partial charge in [-0.1, -0.05) is 0 Å². The molecule has 1 aromatic heterocycles. The van der Waals surface area contributed by atoms with Crippen LogP contribution in [-0.2, 0) is 9.59 Å². The molecule has 0 atom stereocenters. The summed E-state index contributed by atoms with van der Waals surface area (Å²) in [6.07, 6.45) is 3.01. The lowest BCUT2D eigenvalue weighted by molar-refractivity contribution is -0.133. The number of carbonyl (C=O) groups excluding carboxylic acids is 2. The third-order valence-electron chi connectivity index (χ3n) is 2.77. The predicted octanol–water partition coefficient (Wildman–Crippen LogP) is 1.68. The maximum absolute atomic E-state index is 11.9. The van der Waals surface area contributed by atoms with Crippen LogP contribution in [0.15, 0.2) is 42.7 Å². The highest BCUT2D eigenvalue weighted by Crippen LogP contribution is 2.29. The van der Waals surface area contributed by atoms with Gasteiger partial charge in [0, 0.05) is 18.0 Å². The number of amides is 2. The van der Waals surface area contributed by atoms with Crippen LogP contribution in [0.4, 0.5) is 11.4 Å². The van der Waals surface area contributed by atoms with Crippen molar-refractivity contribution < 1.29 is 19.1 Å². The number of hydrogen-bond donors (Lipinski definition) is 2. The van der Waals surface area contributed by atoms with Gasteiger partial charge in [-0.05, 0) is 24.3 Å². The lowest BCUT2D eigenvalue weighted by Crippen LogP contribution is -2.29.